The minimum atomic E-state index is -0.400. The van der Waals surface area contributed by atoms with Crippen LogP contribution in [0.2, 0.25) is 0 Å². The number of hydrogen-bond donors (Lipinski definition) is 0. The monoisotopic (exact) mass is 408 g/mol. The van der Waals surface area contributed by atoms with Crippen LogP contribution in [0.15, 0.2) is 85.5 Å². The maximum Gasteiger partial charge on any atom is 0.338 e. The Morgan fingerprint density at radius 1 is 0.867 bits per heavy atom. The Kier molecular flexibility index (Phi) is 12.9. The lowest BCUT2D eigenvalue weighted by Crippen LogP contribution is -2.07. The maximum absolute atomic E-state index is 11.4. The van der Waals surface area contributed by atoms with Gasteiger partial charge in [-0.05, 0) is 57.9 Å². The molecule has 0 heterocycles. The number of carbonyl (C=O) groups is 2. The number of allylic oxidation sites excluding steroid dienone is 1. The molecule has 0 atom stereocenters. The molecule has 4 nitrogen and oxygen atoms in total. The van der Waals surface area contributed by atoms with E-state index in [9.17, 15) is 9.59 Å². The molecule has 0 aliphatic rings. The molecule has 2 aromatic rings. The topological polar surface area (TPSA) is 52.6 Å². The van der Waals surface area contributed by atoms with Crippen LogP contribution in [-0.2, 0) is 14.3 Å². The van der Waals surface area contributed by atoms with E-state index in [2.05, 4.69) is 55.7 Å². The van der Waals surface area contributed by atoms with Crippen LogP contribution in [0.4, 0.5) is 0 Å². The lowest BCUT2D eigenvalue weighted by molar-refractivity contribution is -0.138. The summed E-state index contributed by atoms with van der Waals surface area (Å²) in [4.78, 5) is 21.8. The van der Waals surface area contributed by atoms with E-state index in [1.165, 1.54) is 5.56 Å². The molecule has 0 N–H and O–H groups in total. The quantitative estimate of drug-likeness (QED) is 0.246. The van der Waals surface area contributed by atoms with E-state index >= 15 is 0 Å². The van der Waals surface area contributed by atoms with Crippen molar-refractivity contribution in [2.75, 3.05) is 6.61 Å². The van der Waals surface area contributed by atoms with E-state index in [0.29, 0.717) is 23.5 Å². The summed E-state index contributed by atoms with van der Waals surface area (Å²) >= 11 is 0. The summed E-state index contributed by atoms with van der Waals surface area (Å²) in [5.41, 5.74) is 4.31. The van der Waals surface area contributed by atoms with E-state index in [0.717, 1.165) is 11.1 Å². The van der Waals surface area contributed by atoms with Gasteiger partial charge >= 0.3 is 11.9 Å². The summed E-state index contributed by atoms with van der Waals surface area (Å²) in [5.74, 6) is -0.181. The Labute approximate surface area is 180 Å². The van der Waals surface area contributed by atoms with Gasteiger partial charge < -0.3 is 9.47 Å². The van der Waals surface area contributed by atoms with Gasteiger partial charge in [-0.3, -0.25) is 0 Å². The molecular weight excluding hydrogens is 376 g/mol. The molecule has 0 spiro atoms. The number of hydrogen-bond acceptors (Lipinski definition) is 4. The molecule has 0 saturated carbocycles. The van der Waals surface area contributed by atoms with Crippen LogP contribution in [0.25, 0.3) is 11.1 Å². The summed E-state index contributed by atoms with van der Waals surface area (Å²) in [6.45, 7) is 19.7. The lowest BCUT2D eigenvalue weighted by Gasteiger charge is -2.06. The second kappa shape index (κ2) is 14.6. The predicted octanol–water partition coefficient (Wildman–Crippen LogP) is 6.46. The number of carbonyl (C=O) groups excluding carboxylic acids is 2. The first-order valence-corrected chi connectivity index (χ1v) is 9.60. The Hall–Kier alpha value is -3.40. The van der Waals surface area contributed by atoms with Crippen molar-refractivity contribution in [2.45, 2.75) is 34.6 Å². The number of rotatable bonds is 5. The molecule has 0 bridgehead atoms. The smallest absolute Gasteiger partial charge is 0.338 e. The van der Waals surface area contributed by atoms with Gasteiger partial charge in [-0.1, -0.05) is 61.2 Å². The van der Waals surface area contributed by atoms with Gasteiger partial charge in [-0.2, -0.15) is 0 Å². The van der Waals surface area contributed by atoms with Crippen molar-refractivity contribution >= 4 is 11.9 Å². The molecule has 0 aromatic heterocycles. The molecule has 30 heavy (non-hydrogen) atoms. The lowest BCUT2D eigenvalue weighted by atomic mass is 10.0. The van der Waals surface area contributed by atoms with E-state index in [4.69, 9.17) is 4.74 Å². The van der Waals surface area contributed by atoms with Crippen LogP contribution in [0.5, 0.6) is 5.75 Å². The fourth-order valence-electron chi connectivity index (χ4n) is 1.91. The first-order valence-electron chi connectivity index (χ1n) is 9.60. The van der Waals surface area contributed by atoms with E-state index < -0.39 is 5.97 Å². The minimum Gasteiger partial charge on any atom is -0.463 e. The Morgan fingerprint density at radius 3 is 1.60 bits per heavy atom. The van der Waals surface area contributed by atoms with Crippen molar-refractivity contribution in [3.8, 4) is 16.9 Å². The van der Waals surface area contributed by atoms with Crippen LogP contribution in [-0.4, -0.2) is 18.5 Å². The SMILES string of the molecule is C=C(C)C(=O)OCC.C=C(C)C(=O)Oc1ccc(-c2ccc(C)cc2)cc1.C=CC. The number of ether oxygens (including phenoxy) is 2. The van der Waals surface area contributed by atoms with Crippen molar-refractivity contribution in [1.29, 1.82) is 0 Å². The summed E-state index contributed by atoms with van der Waals surface area (Å²) in [6, 6.07) is 15.7. The standard InChI is InChI=1S/C17H16O2.C6H10O2.C3H6/c1-12(2)17(18)19-16-10-8-15(9-11-16)14-6-4-13(3)5-7-14;1-4-8-6(7)5(2)3;1-3-2/h4-11H,1H2,2-3H3;2,4H2,1,3H3;3H,1H2,2H3. The average molecular weight is 409 g/mol. The average Bonchev–Trinajstić information content (AvgIpc) is 2.70. The van der Waals surface area contributed by atoms with Gasteiger partial charge in [0.25, 0.3) is 0 Å². The highest BCUT2D eigenvalue weighted by Gasteiger charge is 2.05. The maximum atomic E-state index is 11.4. The molecule has 0 unspecified atom stereocenters. The van der Waals surface area contributed by atoms with Crippen LogP contribution in [0.1, 0.15) is 33.3 Å². The molecule has 0 amide bonds. The molecule has 2 aromatic carbocycles. The molecule has 4 heteroatoms. The van der Waals surface area contributed by atoms with Crippen molar-refractivity contribution < 1.29 is 19.1 Å². The largest absolute Gasteiger partial charge is 0.463 e. The Bertz CT molecular complexity index is 844. The van der Waals surface area contributed by atoms with Gasteiger partial charge in [0.05, 0.1) is 6.61 Å². The van der Waals surface area contributed by atoms with Gasteiger partial charge in [0.15, 0.2) is 0 Å². The highest BCUT2D eigenvalue weighted by molar-refractivity contribution is 5.88. The first-order chi connectivity index (χ1) is 14.2. The normalized spacial score (nSPS) is 8.97. The number of benzene rings is 2. The summed E-state index contributed by atoms with van der Waals surface area (Å²) in [5, 5.41) is 0. The van der Waals surface area contributed by atoms with Gasteiger partial charge in [0, 0.05) is 11.1 Å². The van der Waals surface area contributed by atoms with E-state index in [1.807, 2.05) is 19.1 Å². The number of esters is 2. The fourth-order valence-corrected chi connectivity index (χ4v) is 1.91. The van der Waals surface area contributed by atoms with Crippen molar-refractivity contribution in [3.05, 3.63) is 91.1 Å². The number of aryl methyl sites for hydroxylation is 1. The van der Waals surface area contributed by atoms with Crippen molar-refractivity contribution in [2.24, 2.45) is 0 Å². The first kappa shape index (κ1) is 26.6. The molecule has 0 fully saturated rings. The third-order valence-corrected chi connectivity index (χ3v) is 3.42. The zero-order valence-electron chi connectivity index (χ0n) is 18.7. The van der Waals surface area contributed by atoms with E-state index in [-0.39, 0.29) is 5.97 Å². The van der Waals surface area contributed by atoms with Crippen LogP contribution in [0, 0.1) is 6.92 Å². The van der Waals surface area contributed by atoms with E-state index in [1.54, 1.807) is 39.0 Å². The Morgan fingerprint density at radius 2 is 1.27 bits per heavy atom. The molecular formula is C26H32O4. The minimum absolute atomic E-state index is 0.312. The highest BCUT2D eigenvalue weighted by Crippen LogP contribution is 2.23. The molecule has 0 saturated heterocycles. The summed E-state index contributed by atoms with van der Waals surface area (Å²) in [7, 11) is 0. The van der Waals surface area contributed by atoms with Crippen LogP contribution < -0.4 is 4.74 Å². The zero-order valence-corrected chi connectivity index (χ0v) is 18.7. The van der Waals surface area contributed by atoms with Crippen molar-refractivity contribution in [3.63, 3.8) is 0 Å². The van der Waals surface area contributed by atoms with Crippen LogP contribution in [0.3, 0.4) is 0 Å². The third-order valence-electron chi connectivity index (χ3n) is 3.42. The van der Waals surface area contributed by atoms with Crippen molar-refractivity contribution in [1.82, 2.24) is 0 Å². The van der Waals surface area contributed by atoms with Gasteiger partial charge in [-0.15, -0.1) is 6.58 Å². The summed E-state index contributed by atoms with van der Waals surface area (Å²) < 4.78 is 9.71. The molecule has 0 radical (unpaired) electrons. The highest BCUT2D eigenvalue weighted by atomic mass is 16.5. The second-order valence-electron chi connectivity index (χ2n) is 6.47. The van der Waals surface area contributed by atoms with Gasteiger partial charge in [0.2, 0.25) is 0 Å². The molecule has 160 valence electrons. The third kappa shape index (κ3) is 10.8. The van der Waals surface area contributed by atoms with Gasteiger partial charge in [-0.25, -0.2) is 9.59 Å². The van der Waals surface area contributed by atoms with Crippen LogP contribution >= 0.6 is 0 Å². The van der Waals surface area contributed by atoms with Gasteiger partial charge in [0.1, 0.15) is 5.75 Å². The Balaban J connectivity index is 0.000000641. The second-order valence-corrected chi connectivity index (χ2v) is 6.47. The fraction of sp³-hybridized carbons (Fsp3) is 0.231. The zero-order chi connectivity index (χ0) is 23.1. The molecule has 2 rings (SSSR count). The molecule has 0 aliphatic heterocycles. The summed E-state index contributed by atoms with van der Waals surface area (Å²) in [6.07, 6.45) is 1.75. The predicted molar refractivity (Wildman–Crippen MR) is 124 cm³/mol. The molecule has 0 aliphatic carbocycles.